The number of carbonyl (C=O) groups is 1. The molecule has 0 spiro atoms. The summed E-state index contributed by atoms with van der Waals surface area (Å²) in [6, 6.07) is 23.9. The van der Waals surface area contributed by atoms with Crippen molar-refractivity contribution in [3.8, 4) is 11.5 Å². The minimum Gasteiger partial charge on any atom is -0.489 e. The van der Waals surface area contributed by atoms with Crippen molar-refractivity contribution in [2.75, 3.05) is 0 Å². The number of aliphatic hydroxyl groups is 1. The molecule has 0 heterocycles. The van der Waals surface area contributed by atoms with Gasteiger partial charge in [-0.2, -0.15) is 0 Å². The van der Waals surface area contributed by atoms with Crippen LogP contribution in [0.2, 0.25) is 0 Å². The van der Waals surface area contributed by atoms with Gasteiger partial charge in [-0.15, -0.1) is 0 Å². The monoisotopic (exact) mass is 364 g/mol. The van der Waals surface area contributed by atoms with E-state index in [0.717, 1.165) is 11.1 Å². The quantitative estimate of drug-likeness (QED) is 0.633. The van der Waals surface area contributed by atoms with Gasteiger partial charge in [-0.3, -0.25) is 0 Å². The molecule has 0 bridgehead atoms. The van der Waals surface area contributed by atoms with Crippen molar-refractivity contribution in [3.63, 3.8) is 0 Å². The smallest absolute Gasteiger partial charge is 0.337 e. The fourth-order valence-corrected chi connectivity index (χ4v) is 2.54. The van der Waals surface area contributed by atoms with Gasteiger partial charge in [0.25, 0.3) is 0 Å². The zero-order chi connectivity index (χ0) is 19.1. The van der Waals surface area contributed by atoms with Gasteiger partial charge >= 0.3 is 5.97 Å². The molecule has 0 unspecified atom stereocenters. The Balaban J connectivity index is 1.78. The lowest BCUT2D eigenvalue weighted by atomic mass is 10.1. The topological polar surface area (TPSA) is 76.0 Å². The van der Waals surface area contributed by atoms with E-state index in [4.69, 9.17) is 14.6 Å². The molecule has 3 aromatic rings. The Kier molecular flexibility index (Phi) is 6.07. The third-order valence-corrected chi connectivity index (χ3v) is 3.95. The molecule has 3 rings (SSSR count). The van der Waals surface area contributed by atoms with Crippen LogP contribution in [-0.4, -0.2) is 16.2 Å². The van der Waals surface area contributed by atoms with Crippen LogP contribution in [-0.2, 0) is 18.0 Å². The second kappa shape index (κ2) is 8.87. The van der Waals surface area contributed by atoms with E-state index >= 15 is 0 Å². The molecule has 0 fully saturated rings. The highest BCUT2D eigenvalue weighted by Gasteiger charge is 2.18. The number of rotatable bonds is 8. The molecule has 2 N–H and O–H groups in total. The first-order valence-corrected chi connectivity index (χ1v) is 8.51. The van der Waals surface area contributed by atoms with Crippen LogP contribution in [0.15, 0.2) is 78.9 Å². The van der Waals surface area contributed by atoms with Crippen LogP contribution in [0.3, 0.4) is 0 Å². The molecular formula is C22H20O5. The normalized spacial score (nSPS) is 11.6. The molecule has 5 heteroatoms. The molecule has 1 atom stereocenters. The maximum Gasteiger partial charge on any atom is 0.337 e. The number of hydrogen-bond donors (Lipinski definition) is 2. The number of aliphatic hydroxyl groups excluding tert-OH is 1. The fourth-order valence-electron chi connectivity index (χ4n) is 2.54. The number of ether oxygens (including phenoxy) is 2. The second-order valence-electron chi connectivity index (χ2n) is 6.03. The van der Waals surface area contributed by atoms with Crippen molar-refractivity contribution in [1.29, 1.82) is 0 Å². The molecule has 0 aliphatic carbocycles. The van der Waals surface area contributed by atoms with Crippen LogP contribution in [0.25, 0.3) is 0 Å². The van der Waals surface area contributed by atoms with Crippen LogP contribution < -0.4 is 9.47 Å². The second-order valence-corrected chi connectivity index (χ2v) is 6.03. The van der Waals surface area contributed by atoms with Crippen LogP contribution in [0, 0.1) is 0 Å². The van der Waals surface area contributed by atoms with E-state index in [1.54, 1.807) is 6.07 Å². The molecule has 0 saturated heterocycles. The Bertz CT molecular complexity index is 816. The molecule has 3 aromatic carbocycles. The highest BCUT2D eigenvalue weighted by Crippen LogP contribution is 2.28. The standard InChI is InChI=1S/C22H20O5/c23-21(22(24)25)18-11-19(26-14-16-7-3-1-4-8-16)13-20(12-18)27-15-17-9-5-2-6-10-17/h1-13,21,23H,14-15H2,(H,24,25)/t21-/m1/s1. The molecular weight excluding hydrogens is 344 g/mol. The van der Waals surface area contributed by atoms with E-state index in [9.17, 15) is 9.90 Å². The highest BCUT2D eigenvalue weighted by molar-refractivity contribution is 5.74. The van der Waals surface area contributed by atoms with E-state index in [0.29, 0.717) is 24.7 Å². The summed E-state index contributed by atoms with van der Waals surface area (Å²) < 4.78 is 11.5. The summed E-state index contributed by atoms with van der Waals surface area (Å²) in [5.74, 6) is -0.469. The lowest BCUT2D eigenvalue weighted by Gasteiger charge is -2.14. The van der Waals surface area contributed by atoms with Crippen molar-refractivity contribution in [3.05, 3.63) is 95.6 Å². The van der Waals surface area contributed by atoms with Crippen molar-refractivity contribution in [2.45, 2.75) is 19.3 Å². The van der Waals surface area contributed by atoms with Crippen LogP contribution >= 0.6 is 0 Å². The van der Waals surface area contributed by atoms with Gasteiger partial charge < -0.3 is 19.7 Å². The lowest BCUT2D eigenvalue weighted by Crippen LogP contribution is -2.11. The molecule has 0 aliphatic heterocycles. The van der Waals surface area contributed by atoms with Crippen molar-refractivity contribution in [1.82, 2.24) is 0 Å². The van der Waals surface area contributed by atoms with Crippen LogP contribution in [0.5, 0.6) is 11.5 Å². The van der Waals surface area contributed by atoms with Crippen molar-refractivity contribution >= 4 is 5.97 Å². The summed E-state index contributed by atoms with van der Waals surface area (Å²) in [5.41, 5.74) is 2.16. The summed E-state index contributed by atoms with van der Waals surface area (Å²) in [5, 5.41) is 19.0. The predicted molar refractivity (Wildman–Crippen MR) is 101 cm³/mol. The number of carboxylic acid groups (broad SMARTS) is 1. The summed E-state index contributed by atoms with van der Waals surface area (Å²) in [6.07, 6.45) is -1.65. The molecule has 27 heavy (non-hydrogen) atoms. The first-order chi connectivity index (χ1) is 13.1. The fraction of sp³-hybridized carbons (Fsp3) is 0.136. The Hall–Kier alpha value is -3.31. The lowest BCUT2D eigenvalue weighted by molar-refractivity contribution is -0.146. The zero-order valence-electron chi connectivity index (χ0n) is 14.6. The van der Waals surface area contributed by atoms with Gasteiger partial charge in [0.2, 0.25) is 0 Å². The molecule has 138 valence electrons. The van der Waals surface area contributed by atoms with Crippen molar-refractivity contribution < 1.29 is 24.5 Å². The van der Waals surface area contributed by atoms with E-state index in [-0.39, 0.29) is 5.56 Å². The third kappa shape index (κ3) is 5.33. The number of benzene rings is 3. The Labute approximate surface area is 157 Å². The summed E-state index contributed by atoms with van der Waals surface area (Å²) >= 11 is 0. The van der Waals surface area contributed by atoms with Gasteiger partial charge in [-0.25, -0.2) is 4.79 Å². The van der Waals surface area contributed by atoms with E-state index < -0.39 is 12.1 Å². The van der Waals surface area contributed by atoms with Gasteiger partial charge in [-0.05, 0) is 28.8 Å². The minimum absolute atomic E-state index is 0.205. The molecule has 0 radical (unpaired) electrons. The molecule has 0 aliphatic rings. The average Bonchev–Trinajstić information content (AvgIpc) is 2.71. The minimum atomic E-state index is -1.65. The van der Waals surface area contributed by atoms with Gasteiger partial charge in [0.1, 0.15) is 24.7 Å². The first kappa shape index (κ1) is 18.5. The van der Waals surface area contributed by atoms with Gasteiger partial charge in [-0.1, -0.05) is 60.7 Å². The third-order valence-electron chi connectivity index (χ3n) is 3.95. The predicted octanol–water partition coefficient (Wildman–Crippen LogP) is 3.96. The number of aliphatic carboxylic acids is 1. The van der Waals surface area contributed by atoms with Gasteiger partial charge in [0.05, 0.1) is 0 Å². The zero-order valence-corrected chi connectivity index (χ0v) is 14.6. The molecule has 0 amide bonds. The van der Waals surface area contributed by atoms with Gasteiger partial charge in [0.15, 0.2) is 6.10 Å². The van der Waals surface area contributed by atoms with E-state index in [1.807, 2.05) is 60.7 Å². The van der Waals surface area contributed by atoms with Crippen LogP contribution in [0.4, 0.5) is 0 Å². The first-order valence-electron chi connectivity index (χ1n) is 8.51. The summed E-state index contributed by atoms with van der Waals surface area (Å²) in [4.78, 5) is 11.1. The van der Waals surface area contributed by atoms with Crippen LogP contribution in [0.1, 0.15) is 22.8 Å². The number of hydrogen-bond acceptors (Lipinski definition) is 4. The molecule has 0 saturated carbocycles. The van der Waals surface area contributed by atoms with E-state index in [2.05, 4.69) is 0 Å². The maximum atomic E-state index is 11.1. The van der Waals surface area contributed by atoms with Crippen molar-refractivity contribution in [2.24, 2.45) is 0 Å². The Morgan fingerprint density at radius 1 is 0.778 bits per heavy atom. The molecule has 5 nitrogen and oxygen atoms in total. The average molecular weight is 364 g/mol. The number of carboxylic acids is 1. The van der Waals surface area contributed by atoms with E-state index in [1.165, 1.54) is 12.1 Å². The van der Waals surface area contributed by atoms with Gasteiger partial charge in [0, 0.05) is 6.07 Å². The summed E-state index contributed by atoms with van der Waals surface area (Å²) in [7, 11) is 0. The largest absolute Gasteiger partial charge is 0.489 e. The summed E-state index contributed by atoms with van der Waals surface area (Å²) in [6.45, 7) is 0.650. The molecule has 0 aromatic heterocycles. The Morgan fingerprint density at radius 2 is 1.22 bits per heavy atom. The highest BCUT2D eigenvalue weighted by atomic mass is 16.5. The maximum absolute atomic E-state index is 11.1. The Morgan fingerprint density at radius 3 is 1.63 bits per heavy atom. The SMILES string of the molecule is O=C(O)[C@H](O)c1cc(OCc2ccccc2)cc(OCc2ccccc2)c1.